The van der Waals surface area contributed by atoms with Gasteiger partial charge in [0.2, 0.25) is 0 Å². The smallest absolute Gasteiger partial charge is 0.135 e. The van der Waals surface area contributed by atoms with Crippen molar-refractivity contribution in [3.8, 4) is 11.4 Å². The molecule has 64 heavy (non-hydrogen) atoms. The molecule has 0 saturated carbocycles. The van der Waals surface area contributed by atoms with E-state index in [1.807, 2.05) is 6.07 Å². The molecule has 0 aliphatic rings. The van der Waals surface area contributed by atoms with Crippen molar-refractivity contribution >= 4 is 115 Å². The van der Waals surface area contributed by atoms with Crippen molar-refractivity contribution < 1.29 is 4.42 Å². The largest absolute Gasteiger partial charge is 0.456 e. The number of nitrogens with zero attached hydrogens (tertiary/aromatic N) is 3. The van der Waals surface area contributed by atoms with E-state index in [4.69, 9.17) is 4.42 Å². The van der Waals surface area contributed by atoms with Crippen LogP contribution in [0.25, 0.3) is 109 Å². The summed E-state index contributed by atoms with van der Waals surface area (Å²) in [6.07, 6.45) is 0. The molecule has 0 bridgehead atoms. The second kappa shape index (κ2) is 13.4. The summed E-state index contributed by atoms with van der Waals surface area (Å²) < 4.78 is 11.2. The molecule has 11 aromatic carbocycles. The van der Waals surface area contributed by atoms with Crippen molar-refractivity contribution in [3.63, 3.8) is 0 Å². The van der Waals surface area contributed by atoms with Crippen LogP contribution < -0.4 is 4.90 Å². The van der Waals surface area contributed by atoms with Gasteiger partial charge in [0.25, 0.3) is 0 Å². The minimum absolute atomic E-state index is 0.875. The lowest BCUT2D eigenvalue weighted by molar-refractivity contribution is 0.669. The Kier molecular flexibility index (Phi) is 7.36. The standard InChI is InChI=1S/C60H37N3O/c1-2-15-38(16-3-1)62-53-24-11-8-21-47(53)51-36-41(30-33-55(51)62)63-54-25-12-9-23-49(54)60-56(26-14-27-57(60)63)61(40-31-34-59-52(37-40)48-22-10-13-28-58(48)64-59)39-29-32-46-44-19-5-4-17-42(44)43-18-6-7-20-45(43)50(46)35-39/h1-37H. The molecule has 0 unspecified atom stereocenters. The summed E-state index contributed by atoms with van der Waals surface area (Å²) in [4.78, 5) is 2.46. The first-order valence-electron chi connectivity index (χ1n) is 21.9. The van der Waals surface area contributed by atoms with Crippen LogP contribution in [0, 0.1) is 0 Å². The Morgan fingerprint density at radius 2 is 0.797 bits per heavy atom. The number of hydrogen-bond donors (Lipinski definition) is 0. The molecule has 14 aromatic rings. The van der Waals surface area contributed by atoms with Gasteiger partial charge in [-0.1, -0.05) is 133 Å². The maximum atomic E-state index is 6.39. The van der Waals surface area contributed by atoms with Gasteiger partial charge in [-0.25, -0.2) is 0 Å². The fraction of sp³-hybridized carbons (Fsp3) is 0. The quantitative estimate of drug-likeness (QED) is 0.162. The van der Waals surface area contributed by atoms with Crippen molar-refractivity contribution in [1.82, 2.24) is 9.13 Å². The monoisotopic (exact) mass is 815 g/mol. The zero-order valence-corrected chi connectivity index (χ0v) is 34.6. The van der Waals surface area contributed by atoms with Crippen LogP contribution in [0.3, 0.4) is 0 Å². The van der Waals surface area contributed by atoms with Gasteiger partial charge in [0, 0.05) is 55.1 Å². The van der Waals surface area contributed by atoms with Gasteiger partial charge in [0.05, 0.1) is 27.8 Å². The molecular weight excluding hydrogens is 779 g/mol. The minimum Gasteiger partial charge on any atom is -0.456 e. The van der Waals surface area contributed by atoms with Gasteiger partial charge in [-0.2, -0.15) is 0 Å². The van der Waals surface area contributed by atoms with Crippen LogP contribution >= 0.6 is 0 Å². The molecule has 0 saturated heterocycles. The van der Waals surface area contributed by atoms with Crippen LogP contribution in [-0.2, 0) is 0 Å². The topological polar surface area (TPSA) is 26.2 Å². The van der Waals surface area contributed by atoms with Crippen LogP contribution in [0.5, 0.6) is 0 Å². The summed E-state index contributed by atoms with van der Waals surface area (Å²) in [5.74, 6) is 0. The molecule has 3 aromatic heterocycles. The number of rotatable bonds is 5. The second-order valence-electron chi connectivity index (χ2n) is 16.8. The fourth-order valence-corrected chi connectivity index (χ4v) is 10.7. The van der Waals surface area contributed by atoms with E-state index < -0.39 is 0 Å². The lowest BCUT2D eigenvalue weighted by atomic mass is 9.94. The molecule has 0 atom stereocenters. The summed E-state index contributed by atoms with van der Waals surface area (Å²) in [5.41, 5.74) is 12.0. The number of hydrogen-bond acceptors (Lipinski definition) is 2. The first-order chi connectivity index (χ1) is 31.8. The zero-order valence-electron chi connectivity index (χ0n) is 34.6. The van der Waals surface area contributed by atoms with Crippen molar-refractivity contribution in [2.45, 2.75) is 0 Å². The predicted octanol–water partition coefficient (Wildman–Crippen LogP) is 16.7. The Morgan fingerprint density at radius 1 is 0.281 bits per heavy atom. The molecular formula is C60H37N3O. The molecule has 3 heterocycles. The summed E-state index contributed by atoms with van der Waals surface area (Å²) in [6.45, 7) is 0. The van der Waals surface area contributed by atoms with E-state index in [2.05, 4.69) is 232 Å². The minimum atomic E-state index is 0.875. The number of aromatic nitrogens is 2. The molecule has 0 radical (unpaired) electrons. The SMILES string of the molecule is c1ccc(-n2c3ccccc3c3cc(-n4c5ccccc5c5c(N(c6ccc7oc8ccccc8c7c6)c6ccc7c8ccccc8c8ccccc8c7c6)cccc54)ccc32)cc1. The molecule has 14 rings (SSSR count). The van der Waals surface area contributed by atoms with Crippen molar-refractivity contribution in [1.29, 1.82) is 0 Å². The van der Waals surface area contributed by atoms with Gasteiger partial charge < -0.3 is 18.5 Å². The number of benzene rings is 11. The molecule has 0 fully saturated rings. The predicted molar refractivity (Wildman–Crippen MR) is 270 cm³/mol. The van der Waals surface area contributed by atoms with Crippen molar-refractivity contribution in [2.75, 3.05) is 4.90 Å². The van der Waals surface area contributed by atoms with Gasteiger partial charge in [0.15, 0.2) is 0 Å². The van der Waals surface area contributed by atoms with Crippen LogP contribution in [0.4, 0.5) is 17.1 Å². The highest BCUT2D eigenvalue weighted by Crippen LogP contribution is 2.47. The molecule has 0 amide bonds. The first-order valence-corrected chi connectivity index (χ1v) is 21.9. The number of fused-ring (bicyclic) bond motifs is 15. The van der Waals surface area contributed by atoms with Gasteiger partial charge in [0.1, 0.15) is 11.2 Å². The Labute approximate surface area is 367 Å². The van der Waals surface area contributed by atoms with Crippen molar-refractivity contribution in [3.05, 3.63) is 224 Å². The Hall–Kier alpha value is -8.60. The lowest BCUT2D eigenvalue weighted by Crippen LogP contribution is -2.10. The second-order valence-corrected chi connectivity index (χ2v) is 16.8. The first kappa shape index (κ1) is 35.0. The van der Waals surface area contributed by atoms with Crippen LogP contribution in [0.15, 0.2) is 229 Å². The Bertz CT molecular complexity index is 4170. The van der Waals surface area contributed by atoms with E-state index in [1.165, 1.54) is 64.9 Å². The van der Waals surface area contributed by atoms with E-state index in [1.54, 1.807) is 0 Å². The number of para-hydroxylation sites is 4. The zero-order chi connectivity index (χ0) is 41.9. The number of anilines is 3. The highest BCUT2D eigenvalue weighted by molar-refractivity contribution is 6.26. The highest BCUT2D eigenvalue weighted by atomic mass is 16.3. The van der Waals surface area contributed by atoms with E-state index in [0.29, 0.717) is 0 Å². The van der Waals surface area contributed by atoms with Crippen LogP contribution in [0.1, 0.15) is 0 Å². The molecule has 4 heteroatoms. The van der Waals surface area contributed by atoms with Gasteiger partial charge >= 0.3 is 0 Å². The third kappa shape index (κ3) is 4.99. The van der Waals surface area contributed by atoms with E-state index >= 15 is 0 Å². The third-order valence-corrected chi connectivity index (χ3v) is 13.4. The fourth-order valence-electron chi connectivity index (χ4n) is 10.7. The maximum Gasteiger partial charge on any atom is 0.135 e. The molecule has 0 aliphatic carbocycles. The summed E-state index contributed by atoms with van der Waals surface area (Å²) in [7, 11) is 0. The lowest BCUT2D eigenvalue weighted by Gasteiger charge is -2.27. The average Bonchev–Trinajstić information content (AvgIpc) is 4.02. The van der Waals surface area contributed by atoms with Gasteiger partial charge in [-0.3, -0.25) is 0 Å². The summed E-state index contributed by atoms with van der Waals surface area (Å²) >= 11 is 0. The van der Waals surface area contributed by atoms with E-state index in [-0.39, 0.29) is 0 Å². The van der Waals surface area contributed by atoms with Crippen LogP contribution in [-0.4, -0.2) is 9.13 Å². The Balaban J connectivity index is 1.05. The Morgan fingerprint density at radius 3 is 1.55 bits per heavy atom. The van der Waals surface area contributed by atoms with E-state index in [9.17, 15) is 0 Å². The molecule has 298 valence electrons. The average molecular weight is 816 g/mol. The summed E-state index contributed by atoms with van der Waals surface area (Å²) in [6, 6.07) is 81.7. The van der Waals surface area contributed by atoms with Crippen LogP contribution in [0.2, 0.25) is 0 Å². The highest BCUT2D eigenvalue weighted by Gasteiger charge is 2.24. The van der Waals surface area contributed by atoms with Gasteiger partial charge in [-0.15, -0.1) is 0 Å². The number of furan rings is 1. The summed E-state index contributed by atoms with van der Waals surface area (Å²) in [5, 5.41) is 14.5. The normalized spacial score (nSPS) is 12.1. The van der Waals surface area contributed by atoms with Gasteiger partial charge in [-0.05, 0) is 123 Å². The van der Waals surface area contributed by atoms with Crippen molar-refractivity contribution in [2.24, 2.45) is 0 Å². The maximum absolute atomic E-state index is 6.39. The van der Waals surface area contributed by atoms with E-state index in [0.717, 1.165) is 61.4 Å². The molecule has 4 nitrogen and oxygen atoms in total. The molecule has 0 spiro atoms. The molecule has 0 N–H and O–H groups in total. The molecule has 0 aliphatic heterocycles. The third-order valence-electron chi connectivity index (χ3n) is 13.4.